The van der Waals surface area contributed by atoms with Crippen LogP contribution in [0, 0.1) is 0 Å². The van der Waals surface area contributed by atoms with Crippen molar-refractivity contribution in [1.29, 1.82) is 0 Å². The Morgan fingerprint density at radius 2 is 1.73 bits per heavy atom. The van der Waals surface area contributed by atoms with Crippen LogP contribution in [0.3, 0.4) is 0 Å². The molecule has 4 nitrogen and oxygen atoms in total. The summed E-state index contributed by atoms with van der Waals surface area (Å²) in [5.41, 5.74) is 2.90. The van der Waals surface area contributed by atoms with Crippen LogP contribution in [-0.4, -0.2) is 16.5 Å². The molecule has 1 aliphatic carbocycles. The Kier molecular flexibility index (Phi) is 5.62. The lowest BCUT2D eigenvalue weighted by molar-refractivity contribution is -0.495. The van der Waals surface area contributed by atoms with Gasteiger partial charge in [0.1, 0.15) is 0 Å². The maximum absolute atomic E-state index is 12.5. The fourth-order valence-electron chi connectivity index (χ4n) is 3.90. The Morgan fingerprint density at radius 1 is 1.04 bits per heavy atom. The number of nitrogens with zero attached hydrogens (tertiary/aromatic N) is 2. The molecule has 0 spiro atoms. The molecule has 26 heavy (non-hydrogen) atoms. The molecule has 2 heterocycles. The highest BCUT2D eigenvalue weighted by Gasteiger charge is 2.30. The number of nitrogens with one attached hydrogen (secondary N) is 1. The minimum absolute atomic E-state index is 0. The first-order chi connectivity index (χ1) is 12.3. The van der Waals surface area contributed by atoms with Gasteiger partial charge in [-0.3, -0.25) is 10.1 Å². The third-order valence-electron chi connectivity index (χ3n) is 5.06. The van der Waals surface area contributed by atoms with E-state index in [9.17, 15) is 4.79 Å². The fourth-order valence-corrected chi connectivity index (χ4v) is 3.90. The Labute approximate surface area is 160 Å². The molecule has 4 rings (SSSR count). The van der Waals surface area contributed by atoms with Gasteiger partial charge in [-0.05, 0) is 18.9 Å². The molecule has 5 heteroatoms. The standard InChI is InChI=1S/C21H24N3O.ClH/c1-16(25)24-19-14-8-9-15-23(19)21(22-18-12-6-3-7-13-18)20(24)17-10-4-2-5-11-17;/h2,4-5,8-11,14-15,18,22H,3,6-7,12-13H2,1H3;1H/q+1;/p-1. The molecule has 0 unspecified atom stereocenters. The molecule has 0 atom stereocenters. The lowest BCUT2D eigenvalue weighted by atomic mass is 9.95. The van der Waals surface area contributed by atoms with Gasteiger partial charge in [-0.25, -0.2) is 4.40 Å². The number of hydrogen-bond donors (Lipinski definition) is 1. The molecular weight excluding hydrogens is 346 g/mol. The van der Waals surface area contributed by atoms with Gasteiger partial charge in [0, 0.05) is 18.6 Å². The third kappa shape index (κ3) is 3.34. The zero-order chi connectivity index (χ0) is 17.2. The van der Waals surface area contributed by atoms with Crippen molar-refractivity contribution in [2.45, 2.75) is 45.1 Å². The van der Waals surface area contributed by atoms with Gasteiger partial charge in [-0.2, -0.15) is 4.57 Å². The maximum Gasteiger partial charge on any atom is 0.284 e. The van der Waals surface area contributed by atoms with Gasteiger partial charge < -0.3 is 12.4 Å². The van der Waals surface area contributed by atoms with Gasteiger partial charge in [0.15, 0.2) is 5.69 Å². The second kappa shape index (κ2) is 7.92. The van der Waals surface area contributed by atoms with E-state index < -0.39 is 0 Å². The molecule has 1 aromatic carbocycles. The van der Waals surface area contributed by atoms with Gasteiger partial charge in [-0.1, -0.05) is 55.7 Å². The zero-order valence-corrected chi connectivity index (χ0v) is 15.7. The number of aromatic nitrogens is 2. The van der Waals surface area contributed by atoms with Crippen LogP contribution in [0.15, 0.2) is 54.7 Å². The Balaban J connectivity index is 0.00000196. The monoisotopic (exact) mass is 369 g/mol. The van der Waals surface area contributed by atoms with E-state index in [4.69, 9.17) is 0 Å². The number of fused-ring (bicyclic) bond motifs is 1. The minimum atomic E-state index is 0. The van der Waals surface area contributed by atoms with Crippen molar-refractivity contribution in [3.63, 3.8) is 0 Å². The van der Waals surface area contributed by atoms with E-state index in [1.54, 1.807) is 6.92 Å². The molecule has 3 aromatic rings. The van der Waals surface area contributed by atoms with Crippen molar-refractivity contribution >= 4 is 17.4 Å². The Bertz CT molecular complexity index is 898. The highest BCUT2D eigenvalue weighted by molar-refractivity contribution is 5.89. The van der Waals surface area contributed by atoms with Crippen molar-refractivity contribution in [1.82, 2.24) is 4.57 Å². The molecule has 1 aliphatic rings. The molecule has 0 amide bonds. The summed E-state index contributed by atoms with van der Waals surface area (Å²) in [4.78, 5) is 12.5. The van der Waals surface area contributed by atoms with E-state index in [1.807, 2.05) is 47.2 Å². The van der Waals surface area contributed by atoms with Crippen molar-refractivity contribution in [3.8, 4) is 11.3 Å². The van der Waals surface area contributed by atoms with E-state index in [0.29, 0.717) is 6.04 Å². The van der Waals surface area contributed by atoms with Crippen molar-refractivity contribution < 1.29 is 21.6 Å². The molecule has 0 aliphatic heterocycles. The van der Waals surface area contributed by atoms with Crippen LogP contribution in [0.2, 0.25) is 0 Å². The van der Waals surface area contributed by atoms with Crippen molar-refractivity contribution in [2.24, 2.45) is 0 Å². The fraction of sp³-hybridized carbons (Fsp3) is 0.333. The van der Waals surface area contributed by atoms with Gasteiger partial charge in [0.2, 0.25) is 5.65 Å². The lowest BCUT2D eigenvalue weighted by Gasteiger charge is -2.20. The normalized spacial score (nSPS) is 14.8. The van der Waals surface area contributed by atoms with Crippen LogP contribution >= 0.6 is 0 Å². The first-order valence-corrected chi connectivity index (χ1v) is 9.13. The van der Waals surface area contributed by atoms with Crippen LogP contribution in [0.4, 0.5) is 5.82 Å². The number of pyridine rings is 1. The average molecular weight is 370 g/mol. The highest BCUT2D eigenvalue weighted by atomic mass is 35.5. The van der Waals surface area contributed by atoms with Crippen LogP contribution < -0.4 is 22.1 Å². The molecule has 136 valence electrons. The molecule has 0 bridgehead atoms. The van der Waals surface area contributed by atoms with Crippen molar-refractivity contribution in [3.05, 3.63) is 54.7 Å². The van der Waals surface area contributed by atoms with Crippen LogP contribution in [0.5, 0.6) is 0 Å². The summed E-state index contributed by atoms with van der Waals surface area (Å²) in [6.45, 7) is 1.63. The molecule has 1 fully saturated rings. The molecule has 1 N–H and O–H groups in total. The third-order valence-corrected chi connectivity index (χ3v) is 5.06. The molecular formula is C21H24ClN3O. The van der Waals surface area contributed by atoms with Crippen LogP contribution in [0.1, 0.15) is 43.8 Å². The summed E-state index contributed by atoms with van der Waals surface area (Å²) < 4.78 is 3.93. The summed E-state index contributed by atoms with van der Waals surface area (Å²) >= 11 is 0. The molecule has 0 radical (unpaired) electrons. The largest absolute Gasteiger partial charge is 1.00 e. The summed E-state index contributed by atoms with van der Waals surface area (Å²) in [6.07, 6.45) is 8.28. The summed E-state index contributed by atoms with van der Waals surface area (Å²) in [7, 11) is 0. The van der Waals surface area contributed by atoms with Gasteiger partial charge in [-0.15, -0.1) is 0 Å². The number of rotatable bonds is 3. The number of carbonyl (C=O) groups is 1. The molecule has 1 saturated carbocycles. The SMILES string of the molecule is CC(=O)n1c(-c2ccccc2)c(NC2CCCCC2)[n+]2ccccc12.[Cl-]. The quantitative estimate of drug-likeness (QED) is 0.707. The number of benzene rings is 1. The first kappa shape index (κ1) is 18.5. The van der Waals surface area contributed by atoms with Gasteiger partial charge in [0.05, 0.1) is 12.2 Å². The minimum Gasteiger partial charge on any atom is -1.00 e. The van der Waals surface area contributed by atoms with Gasteiger partial charge in [0.25, 0.3) is 11.7 Å². The Hall–Kier alpha value is -2.33. The predicted molar refractivity (Wildman–Crippen MR) is 99.8 cm³/mol. The molecule has 0 saturated heterocycles. The topological polar surface area (TPSA) is 38.1 Å². The van der Waals surface area contributed by atoms with Crippen molar-refractivity contribution in [2.75, 3.05) is 5.32 Å². The van der Waals surface area contributed by atoms with E-state index in [-0.39, 0.29) is 18.3 Å². The number of carbonyl (C=O) groups excluding carboxylic acids is 1. The van der Waals surface area contributed by atoms with E-state index in [0.717, 1.165) is 22.7 Å². The number of anilines is 1. The second-order valence-corrected chi connectivity index (χ2v) is 6.83. The summed E-state index contributed by atoms with van der Waals surface area (Å²) in [6, 6.07) is 16.6. The highest BCUT2D eigenvalue weighted by Crippen LogP contribution is 2.30. The van der Waals surface area contributed by atoms with E-state index in [2.05, 4.69) is 21.9 Å². The van der Waals surface area contributed by atoms with E-state index in [1.165, 1.54) is 32.1 Å². The Morgan fingerprint density at radius 3 is 2.42 bits per heavy atom. The number of imidazole rings is 1. The number of hydrogen-bond acceptors (Lipinski definition) is 2. The van der Waals surface area contributed by atoms with Crippen LogP contribution in [-0.2, 0) is 0 Å². The predicted octanol–water partition coefficient (Wildman–Crippen LogP) is 1.30. The van der Waals surface area contributed by atoms with Gasteiger partial charge >= 0.3 is 0 Å². The lowest BCUT2D eigenvalue weighted by Crippen LogP contribution is -3.00. The summed E-state index contributed by atoms with van der Waals surface area (Å²) in [5.74, 6) is 1.04. The number of halogens is 1. The second-order valence-electron chi connectivity index (χ2n) is 6.83. The molecule has 2 aromatic heterocycles. The zero-order valence-electron chi connectivity index (χ0n) is 15.0. The van der Waals surface area contributed by atoms with E-state index >= 15 is 0 Å². The average Bonchev–Trinajstić information content (AvgIpc) is 2.98. The maximum atomic E-state index is 12.5. The first-order valence-electron chi connectivity index (χ1n) is 9.13. The van der Waals surface area contributed by atoms with Crippen LogP contribution in [0.25, 0.3) is 16.9 Å². The summed E-state index contributed by atoms with van der Waals surface area (Å²) in [5, 5.41) is 3.76. The smallest absolute Gasteiger partial charge is 0.284 e.